The molecule has 3 rings (SSSR count). The molecule has 0 bridgehead atoms. The fourth-order valence-corrected chi connectivity index (χ4v) is 4.31. The van der Waals surface area contributed by atoms with E-state index in [1.54, 1.807) is 24.3 Å². The summed E-state index contributed by atoms with van der Waals surface area (Å²) in [6.07, 6.45) is 0. The van der Waals surface area contributed by atoms with Crippen LogP contribution < -0.4 is 9.04 Å². The van der Waals surface area contributed by atoms with Gasteiger partial charge in [0, 0.05) is 7.05 Å². The van der Waals surface area contributed by atoms with Gasteiger partial charge in [0.2, 0.25) is 5.76 Å². The van der Waals surface area contributed by atoms with Gasteiger partial charge in [0.05, 0.1) is 35.4 Å². The first-order valence-electron chi connectivity index (χ1n) is 9.44. The van der Waals surface area contributed by atoms with E-state index in [0.29, 0.717) is 11.4 Å². The lowest BCUT2D eigenvalue weighted by Crippen LogP contribution is -2.27. The number of nitrogens with zero attached hydrogens (tertiary/aromatic N) is 1. The molecule has 9 nitrogen and oxygen atoms in total. The molecule has 0 aliphatic heterocycles. The van der Waals surface area contributed by atoms with Crippen molar-refractivity contribution in [3.8, 4) is 5.75 Å². The summed E-state index contributed by atoms with van der Waals surface area (Å²) >= 11 is 6.12. The first-order chi connectivity index (χ1) is 15.7. The normalized spacial score (nSPS) is 11.0. The molecule has 1 aromatic heterocycles. The zero-order valence-electron chi connectivity index (χ0n) is 17.9. The highest BCUT2D eigenvalue weighted by Crippen LogP contribution is 2.32. The summed E-state index contributed by atoms with van der Waals surface area (Å²) in [4.78, 5) is 23.9. The van der Waals surface area contributed by atoms with Crippen LogP contribution >= 0.6 is 11.6 Å². The lowest BCUT2D eigenvalue weighted by Gasteiger charge is -2.22. The molecule has 0 saturated heterocycles. The number of para-hydroxylation sites is 2. The summed E-state index contributed by atoms with van der Waals surface area (Å²) in [5, 5.41) is 0.00795. The van der Waals surface area contributed by atoms with E-state index < -0.39 is 22.0 Å². The smallest absolute Gasteiger partial charge is 0.373 e. The van der Waals surface area contributed by atoms with Gasteiger partial charge >= 0.3 is 11.9 Å². The van der Waals surface area contributed by atoms with Gasteiger partial charge in [-0.3, -0.25) is 4.31 Å². The van der Waals surface area contributed by atoms with Crippen LogP contribution in [0.4, 0.5) is 5.69 Å². The number of ether oxygens (including phenoxy) is 3. The van der Waals surface area contributed by atoms with Crippen molar-refractivity contribution in [1.82, 2.24) is 0 Å². The maximum absolute atomic E-state index is 13.2. The average molecular weight is 494 g/mol. The Labute approximate surface area is 195 Å². The average Bonchev–Trinajstić information content (AvgIpc) is 3.30. The number of halogens is 1. The highest BCUT2D eigenvalue weighted by Gasteiger charge is 2.26. The van der Waals surface area contributed by atoms with Crippen LogP contribution in [-0.4, -0.2) is 41.6 Å². The lowest BCUT2D eigenvalue weighted by atomic mass is 10.2. The predicted octanol–water partition coefficient (Wildman–Crippen LogP) is 3.91. The number of rotatable bonds is 8. The van der Waals surface area contributed by atoms with Gasteiger partial charge in [-0.15, -0.1) is 0 Å². The fourth-order valence-electron chi connectivity index (χ4n) is 2.88. The molecule has 33 heavy (non-hydrogen) atoms. The maximum atomic E-state index is 13.2. The quantitative estimate of drug-likeness (QED) is 0.434. The van der Waals surface area contributed by atoms with Crippen molar-refractivity contribution in [2.75, 3.05) is 25.6 Å². The Bertz CT molecular complexity index is 1290. The molecule has 0 fully saturated rings. The predicted molar refractivity (Wildman–Crippen MR) is 119 cm³/mol. The van der Waals surface area contributed by atoms with Gasteiger partial charge in [0.15, 0.2) is 0 Å². The van der Waals surface area contributed by atoms with E-state index in [4.69, 9.17) is 25.5 Å². The van der Waals surface area contributed by atoms with Gasteiger partial charge in [-0.05, 0) is 42.5 Å². The van der Waals surface area contributed by atoms with Crippen LogP contribution in [-0.2, 0) is 26.1 Å². The Morgan fingerprint density at radius 1 is 1.03 bits per heavy atom. The van der Waals surface area contributed by atoms with E-state index in [0.717, 1.165) is 10.4 Å². The van der Waals surface area contributed by atoms with E-state index in [1.165, 1.54) is 45.5 Å². The Morgan fingerprint density at radius 3 is 2.45 bits per heavy atom. The zero-order valence-corrected chi connectivity index (χ0v) is 19.5. The Kier molecular flexibility index (Phi) is 7.29. The summed E-state index contributed by atoms with van der Waals surface area (Å²) in [6.45, 7) is -0.301. The van der Waals surface area contributed by atoms with Crippen molar-refractivity contribution in [2.45, 2.75) is 11.5 Å². The summed E-state index contributed by atoms with van der Waals surface area (Å²) in [5.41, 5.74) is 0.171. The number of hydrogen-bond donors (Lipinski definition) is 0. The second kappa shape index (κ2) is 9.97. The van der Waals surface area contributed by atoms with Crippen LogP contribution in [0.1, 0.15) is 26.7 Å². The van der Waals surface area contributed by atoms with Crippen molar-refractivity contribution < 1.29 is 36.6 Å². The van der Waals surface area contributed by atoms with Crippen molar-refractivity contribution in [1.29, 1.82) is 0 Å². The Hall–Kier alpha value is -3.50. The molecule has 0 amide bonds. The molecule has 0 saturated carbocycles. The zero-order chi connectivity index (χ0) is 24.2. The summed E-state index contributed by atoms with van der Waals surface area (Å²) in [6, 6.07) is 13.2. The van der Waals surface area contributed by atoms with Crippen molar-refractivity contribution in [2.24, 2.45) is 0 Å². The molecule has 1 heterocycles. The van der Waals surface area contributed by atoms with Crippen LogP contribution in [0.25, 0.3) is 0 Å². The number of furan rings is 1. The molecule has 0 unspecified atom stereocenters. The monoisotopic (exact) mass is 493 g/mol. The molecular formula is C22H20ClNO8S. The van der Waals surface area contributed by atoms with Crippen molar-refractivity contribution in [3.63, 3.8) is 0 Å². The number of sulfonamides is 1. The van der Waals surface area contributed by atoms with Gasteiger partial charge in [0.25, 0.3) is 10.0 Å². The van der Waals surface area contributed by atoms with Crippen molar-refractivity contribution in [3.05, 3.63) is 76.7 Å². The van der Waals surface area contributed by atoms with Crippen LogP contribution in [0.2, 0.25) is 5.02 Å². The molecule has 0 aliphatic rings. The number of hydrogen-bond acceptors (Lipinski definition) is 8. The summed E-state index contributed by atoms with van der Waals surface area (Å²) in [7, 11) is -0.0454. The summed E-state index contributed by atoms with van der Waals surface area (Å²) < 4.78 is 47.6. The molecule has 0 N–H and O–H groups in total. The second-order valence-corrected chi connectivity index (χ2v) is 9.00. The first kappa shape index (κ1) is 24.1. The van der Waals surface area contributed by atoms with Crippen LogP contribution in [0.15, 0.2) is 63.9 Å². The SMILES string of the molecule is COC(=O)c1ccc(COC(=O)c2cc(S(=O)(=O)N(C)c3ccccc3OC)ccc2Cl)o1. The molecular weight excluding hydrogens is 474 g/mol. The van der Waals surface area contributed by atoms with Gasteiger partial charge in [-0.25, -0.2) is 18.0 Å². The van der Waals surface area contributed by atoms with Crippen LogP contribution in [0, 0.1) is 0 Å². The topological polar surface area (TPSA) is 112 Å². The van der Waals surface area contributed by atoms with E-state index >= 15 is 0 Å². The molecule has 3 aromatic rings. The van der Waals surface area contributed by atoms with Gasteiger partial charge in [0.1, 0.15) is 18.1 Å². The van der Waals surface area contributed by atoms with Crippen LogP contribution in [0.5, 0.6) is 5.75 Å². The van der Waals surface area contributed by atoms with Crippen molar-refractivity contribution >= 4 is 39.3 Å². The lowest BCUT2D eigenvalue weighted by molar-refractivity contribution is 0.0438. The second-order valence-electron chi connectivity index (χ2n) is 6.62. The van der Waals surface area contributed by atoms with E-state index in [-0.39, 0.29) is 33.6 Å². The number of carbonyl (C=O) groups is 2. The third-order valence-electron chi connectivity index (χ3n) is 4.63. The van der Waals surface area contributed by atoms with Gasteiger partial charge < -0.3 is 18.6 Å². The molecule has 0 spiro atoms. The molecule has 0 atom stereocenters. The minimum atomic E-state index is -4.06. The van der Waals surface area contributed by atoms with Gasteiger partial charge in [-0.1, -0.05) is 23.7 Å². The Balaban J connectivity index is 1.83. The molecule has 0 aliphatic carbocycles. The molecule has 174 valence electrons. The Morgan fingerprint density at radius 2 is 1.76 bits per heavy atom. The number of benzene rings is 2. The maximum Gasteiger partial charge on any atom is 0.373 e. The van der Waals surface area contributed by atoms with Gasteiger partial charge in [-0.2, -0.15) is 0 Å². The molecule has 0 radical (unpaired) electrons. The third-order valence-corrected chi connectivity index (χ3v) is 6.73. The molecule has 11 heteroatoms. The van der Waals surface area contributed by atoms with E-state index in [9.17, 15) is 18.0 Å². The number of carbonyl (C=O) groups excluding carboxylic acids is 2. The third kappa shape index (κ3) is 5.12. The summed E-state index contributed by atoms with van der Waals surface area (Å²) in [5.74, 6) is -1.03. The number of esters is 2. The molecule has 2 aromatic carbocycles. The first-order valence-corrected chi connectivity index (χ1v) is 11.3. The van der Waals surface area contributed by atoms with E-state index in [2.05, 4.69) is 4.74 Å². The van der Waals surface area contributed by atoms with Crippen LogP contribution in [0.3, 0.4) is 0 Å². The minimum absolute atomic E-state index is 0.00795. The van der Waals surface area contributed by atoms with E-state index in [1.807, 2.05) is 0 Å². The number of methoxy groups -OCH3 is 2. The standard InChI is InChI=1S/C22H20ClNO8S/c1-24(18-6-4-5-7-19(18)29-2)33(27,28)15-9-10-17(23)16(12-15)21(25)31-13-14-8-11-20(32-14)22(26)30-3/h4-12H,13H2,1-3H3. The fraction of sp³-hybridized carbons (Fsp3) is 0.182. The highest BCUT2D eigenvalue weighted by atomic mass is 35.5. The highest BCUT2D eigenvalue weighted by molar-refractivity contribution is 7.92. The minimum Gasteiger partial charge on any atom is -0.495 e. The largest absolute Gasteiger partial charge is 0.495 e. The number of anilines is 1.